The van der Waals surface area contributed by atoms with E-state index in [1.165, 1.54) is 51.4 Å². The van der Waals surface area contributed by atoms with Gasteiger partial charge in [0.2, 0.25) is 21.8 Å². The smallest absolute Gasteiger partial charge is 0.243 e. The van der Waals surface area contributed by atoms with Crippen LogP contribution in [0, 0.1) is 11.6 Å². The molecule has 2 aromatic rings. The van der Waals surface area contributed by atoms with Crippen molar-refractivity contribution in [1.29, 1.82) is 0 Å². The maximum atomic E-state index is 13.7. The summed E-state index contributed by atoms with van der Waals surface area (Å²) in [6, 6.07) is 8.54. The van der Waals surface area contributed by atoms with Gasteiger partial charge in [-0.2, -0.15) is 4.31 Å². The van der Waals surface area contributed by atoms with Crippen molar-refractivity contribution in [2.75, 3.05) is 26.0 Å². The maximum Gasteiger partial charge on any atom is 0.243 e. The van der Waals surface area contributed by atoms with Crippen molar-refractivity contribution < 1.29 is 26.8 Å². The molecule has 0 heterocycles. The number of amides is 2. The number of sulfonamides is 1. The van der Waals surface area contributed by atoms with Gasteiger partial charge in [0.15, 0.2) is 0 Å². The second kappa shape index (κ2) is 9.10. The number of nitrogens with zero attached hydrogens (tertiary/aromatic N) is 2. The molecule has 7 nitrogen and oxygen atoms in total. The zero-order chi connectivity index (χ0) is 21.8. The Bertz CT molecular complexity index is 1010. The number of halogens is 2. The van der Waals surface area contributed by atoms with Crippen LogP contribution in [0.5, 0.6) is 0 Å². The molecule has 2 amide bonds. The SMILES string of the molecule is CC(=O)Nc1ccc(S(=O)(=O)N(C)CC(=O)N(C)Cc2ccc(F)cc2F)cc1. The van der Waals surface area contributed by atoms with E-state index in [0.717, 1.165) is 21.3 Å². The number of hydrogen-bond acceptors (Lipinski definition) is 4. The summed E-state index contributed by atoms with van der Waals surface area (Å²) < 4.78 is 52.9. The Morgan fingerprint density at radius 1 is 1.03 bits per heavy atom. The molecule has 0 bridgehead atoms. The molecule has 0 aromatic heterocycles. The van der Waals surface area contributed by atoms with E-state index >= 15 is 0 Å². The Kier molecular flexibility index (Phi) is 7.04. The van der Waals surface area contributed by atoms with Gasteiger partial charge in [-0.1, -0.05) is 6.07 Å². The topological polar surface area (TPSA) is 86.8 Å². The van der Waals surface area contributed by atoms with E-state index in [4.69, 9.17) is 0 Å². The van der Waals surface area contributed by atoms with E-state index < -0.39 is 34.1 Å². The van der Waals surface area contributed by atoms with Crippen LogP contribution in [0.1, 0.15) is 12.5 Å². The van der Waals surface area contributed by atoms with Gasteiger partial charge in [-0.15, -0.1) is 0 Å². The first-order chi connectivity index (χ1) is 13.5. The molecule has 0 aliphatic heterocycles. The number of carbonyl (C=O) groups excluding carboxylic acids is 2. The number of likely N-dealkylation sites (N-methyl/N-ethyl adjacent to an activating group) is 2. The molecule has 29 heavy (non-hydrogen) atoms. The van der Waals surface area contributed by atoms with Gasteiger partial charge in [-0.05, 0) is 30.3 Å². The van der Waals surface area contributed by atoms with Crippen LogP contribution in [0.2, 0.25) is 0 Å². The molecule has 0 saturated heterocycles. The van der Waals surface area contributed by atoms with E-state index in [-0.39, 0.29) is 22.9 Å². The van der Waals surface area contributed by atoms with Crippen LogP contribution in [0.3, 0.4) is 0 Å². The Morgan fingerprint density at radius 3 is 2.21 bits per heavy atom. The molecule has 156 valence electrons. The van der Waals surface area contributed by atoms with Crippen molar-refractivity contribution >= 4 is 27.5 Å². The molecule has 2 aromatic carbocycles. The monoisotopic (exact) mass is 425 g/mol. The van der Waals surface area contributed by atoms with E-state index in [1.807, 2.05) is 0 Å². The molecular formula is C19H21F2N3O4S. The Balaban J connectivity index is 2.05. The fourth-order valence-electron chi connectivity index (χ4n) is 2.48. The normalized spacial score (nSPS) is 11.4. The number of carbonyl (C=O) groups is 2. The minimum Gasteiger partial charge on any atom is -0.340 e. The zero-order valence-corrected chi connectivity index (χ0v) is 17.0. The standard InChI is InChI=1S/C19H21F2N3O4S/c1-13(25)22-16-6-8-17(9-7-16)29(27,28)24(3)12-19(26)23(2)11-14-4-5-15(20)10-18(14)21/h4-10H,11-12H2,1-3H3,(H,22,25). The van der Waals surface area contributed by atoms with E-state index in [9.17, 15) is 26.8 Å². The summed E-state index contributed by atoms with van der Waals surface area (Å²) >= 11 is 0. The summed E-state index contributed by atoms with van der Waals surface area (Å²) in [5, 5.41) is 2.53. The van der Waals surface area contributed by atoms with Gasteiger partial charge in [0.05, 0.1) is 11.4 Å². The molecule has 10 heteroatoms. The lowest BCUT2D eigenvalue weighted by Gasteiger charge is -2.22. The van der Waals surface area contributed by atoms with Gasteiger partial charge in [0.1, 0.15) is 11.6 Å². The first kappa shape index (κ1) is 22.4. The second-order valence-electron chi connectivity index (χ2n) is 6.45. The van der Waals surface area contributed by atoms with E-state index in [1.54, 1.807) is 0 Å². The quantitative estimate of drug-likeness (QED) is 0.737. The van der Waals surface area contributed by atoms with Crippen LogP contribution in [0.25, 0.3) is 0 Å². The van der Waals surface area contributed by atoms with Crippen LogP contribution >= 0.6 is 0 Å². The first-order valence-corrected chi connectivity index (χ1v) is 9.96. The van der Waals surface area contributed by atoms with Crippen molar-refractivity contribution in [3.63, 3.8) is 0 Å². The van der Waals surface area contributed by atoms with Crippen molar-refractivity contribution in [3.05, 3.63) is 59.7 Å². The Morgan fingerprint density at radius 2 is 1.66 bits per heavy atom. The molecule has 2 rings (SSSR count). The fourth-order valence-corrected chi connectivity index (χ4v) is 3.60. The molecule has 0 saturated carbocycles. The van der Waals surface area contributed by atoms with Gasteiger partial charge in [0, 0.05) is 44.9 Å². The maximum absolute atomic E-state index is 13.7. The summed E-state index contributed by atoms with van der Waals surface area (Å²) in [6.45, 7) is 0.734. The Labute approximate surface area is 168 Å². The third kappa shape index (κ3) is 5.81. The van der Waals surface area contributed by atoms with Gasteiger partial charge >= 0.3 is 0 Å². The number of rotatable bonds is 7. The molecule has 0 radical (unpaired) electrons. The predicted molar refractivity (Wildman–Crippen MR) is 103 cm³/mol. The number of nitrogens with one attached hydrogen (secondary N) is 1. The van der Waals surface area contributed by atoms with Gasteiger partial charge < -0.3 is 10.2 Å². The number of anilines is 1. The summed E-state index contributed by atoms with van der Waals surface area (Å²) in [5.41, 5.74) is 0.553. The van der Waals surface area contributed by atoms with Gasteiger partial charge in [0.25, 0.3) is 0 Å². The highest BCUT2D eigenvalue weighted by Gasteiger charge is 2.24. The lowest BCUT2D eigenvalue weighted by Crippen LogP contribution is -2.39. The zero-order valence-electron chi connectivity index (χ0n) is 16.1. The fraction of sp³-hybridized carbons (Fsp3) is 0.263. The van der Waals surface area contributed by atoms with Crippen molar-refractivity contribution in [3.8, 4) is 0 Å². The van der Waals surface area contributed by atoms with Crippen LogP contribution in [-0.2, 0) is 26.2 Å². The molecule has 0 fully saturated rings. The van der Waals surface area contributed by atoms with Crippen LogP contribution in [0.4, 0.5) is 14.5 Å². The predicted octanol–water partition coefficient (Wildman–Crippen LogP) is 2.20. The van der Waals surface area contributed by atoms with Crippen LogP contribution < -0.4 is 5.32 Å². The summed E-state index contributed by atoms with van der Waals surface area (Å²) in [7, 11) is -1.30. The van der Waals surface area contributed by atoms with Crippen molar-refractivity contribution in [2.24, 2.45) is 0 Å². The number of benzene rings is 2. The third-order valence-electron chi connectivity index (χ3n) is 4.09. The van der Waals surface area contributed by atoms with E-state index in [2.05, 4.69) is 5.32 Å². The minimum atomic E-state index is -3.95. The molecule has 0 aliphatic rings. The van der Waals surface area contributed by atoms with E-state index in [0.29, 0.717) is 5.69 Å². The molecule has 0 aliphatic carbocycles. The minimum absolute atomic E-state index is 0.0471. The molecule has 1 N–H and O–H groups in total. The second-order valence-corrected chi connectivity index (χ2v) is 8.50. The van der Waals surface area contributed by atoms with Gasteiger partial charge in [-0.3, -0.25) is 9.59 Å². The molecule has 0 atom stereocenters. The van der Waals surface area contributed by atoms with Crippen LogP contribution in [-0.4, -0.2) is 50.1 Å². The number of hydrogen-bond donors (Lipinski definition) is 1. The highest BCUT2D eigenvalue weighted by Crippen LogP contribution is 2.18. The van der Waals surface area contributed by atoms with Gasteiger partial charge in [-0.25, -0.2) is 17.2 Å². The first-order valence-electron chi connectivity index (χ1n) is 8.52. The lowest BCUT2D eigenvalue weighted by atomic mass is 10.2. The summed E-state index contributed by atoms with van der Waals surface area (Å²) in [6.07, 6.45) is 0. The molecule has 0 unspecified atom stereocenters. The highest BCUT2D eigenvalue weighted by molar-refractivity contribution is 7.89. The molecular weight excluding hydrogens is 404 g/mol. The molecule has 0 spiro atoms. The van der Waals surface area contributed by atoms with Crippen molar-refractivity contribution in [1.82, 2.24) is 9.21 Å². The average Bonchev–Trinajstić information content (AvgIpc) is 2.63. The van der Waals surface area contributed by atoms with Crippen LogP contribution in [0.15, 0.2) is 47.4 Å². The average molecular weight is 425 g/mol. The summed E-state index contributed by atoms with van der Waals surface area (Å²) in [5.74, 6) is -2.36. The third-order valence-corrected chi connectivity index (χ3v) is 5.91. The van der Waals surface area contributed by atoms with Crippen molar-refractivity contribution in [2.45, 2.75) is 18.4 Å². The Hall–Kier alpha value is -2.85. The summed E-state index contributed by atoms with van der Waals surface area (Å²) in [4.78, 5) is 24.5. The largest absolute Gasteiger partial charge is 0.340 e. The highest BCUT2D eigenvalue weighted by atomic mass is 32.2. The lowest BCUT2D eigenvalue weighted by molar-refractivity contribution is -0.130.